The van der Waals surface area contributed by atoms with Crippen LogP contribution >= 0.6 is 0 Å². The average Bonchev–Trinajstić information content (AvgIpc) is 3.06. The van der Waals surface area contributed by atoms with E-state index in [2.05, 4.69) is 35.0 Å². The van der Waals surface area contributed by atoms with E-state index in [9.17, 15) is 9.90 Å². The van der Waals surface area contributed by atoms with Crippen molar-refractivity contribution in [2.45, 2.75) is 18.9 Å². The predicted molar refractivity (Wildman–Crippen MR) is 108 cm³/mol. The van der Waals surface area contributed by atoms with Gasteiger partial charge in [-0.15, -0.1) is 0 Å². The number of rotatable bonds is 6. The van der Waals surface area contributed by atoms with Gasteiger partial charge in [-0.2, -0.15) is 0 Å². The highest BCUT2D eigenvalue weighted by Crippen LogP contribution is 2.35. The molecule has 0 fully saturated rings. The number of hydrogen-bond acceptors (Lipinski definition) is 1. The van der Waals surface area contributed by atoms with E-state index in [1.807, 2.05) is 60.7 Å². The Bertz CT molecular complexity index is 1050. The van der Waals surface area contributed by atoms with E-state index in [0.29, 0.717) is 0 Å². The number of aromatic nitrogens is 1. The second kappa shape index (κ2) is 7.50. The highest BCUT2D eigenvalue weighted by atomic mass is 16.4. The summed E-state index contributed by atoms with van der Waals surface area (Å²) in [6.45, 7) is 0.760. The van der Waals surface area contributed by atoms with Crippen LogP contribution in [-0.2, 0) is 11.3 Å². The molecule has 0 bridgehead atoms. The van der Waals surface area contributed by atoms with Crippen molar-refractivity contribution in [1.29, 1.82) is 0 Å². The topological polar surface area (TPSA) is 42.2 Å². The molecule has 4 rings (SSSR count). The van der Waals surface area contributed by atoms with Gasteiger partial charge in [0.1, 0.15) is 0 Å². The molecule has 0 amide bonds. The fourth-order valence-corrected chi connectivity index (χ4v) is 3.73. The predicted octanol–water partition coefficient (Wildman–Crippen LogP) is 5.30. The van der Waals surface area contributed by atoms with Crippen molar-refractivity contribution in [3.8, 4) is 0 Å². The number of carboxylic acids is 1. The number of hydrogen-bond donors (Lipinski definition) is 1. The fourth-order valence-electron chi connectivity index (χ4n) is 3.73. The second-order valence-corrected chi connectivity index (χ2v) is 6.78. The molecular formula is C24H21NO2. The molecule has 0 aliphatic carbocycles. The third-order valence-electron chi connectivity index (χ3n) is 4.97. The molecule has 3 heteroatoms. The Morgan fingerprint density at radius 2 is 1.48 bits per heavy atom. The van der Waals surface area contributed by atoms with Gasteiger partial charge in [0.15, 0.2) is 0 Å². The van der Waals surface area contributed by atoms with Gasteiger partial charge >= 0.3 is 5.97 Å². The first kappa shape index (κ1) is 17.1. The number of nitrogens with zero attached hydrogens (tertiary/aromatic N) is 1. The number of para-hydroxylation sites is 1. The smallest absolute Gasteiger partial charge is 0.304 e. The first-order valence-electron chi connectivity index (χ1n) is 9.11. The molecule has 0 radical (unpaired) electrons. The number of fused-ring (bicyclic) bond motifs is 1. The number of carboxylic acid groups (broad SMARTS) is 1. The van der Waals surface area contributed by atoms with E-state index in [0.717, 1.165) is 28.6 Å². The van der Waals surface area contributed by atoms with E-state index in [1.165, 1.54) is 5.56 Å². The summed E-state index contributed by atoms with van der Waals surface area (Å²) in [7, 11) is 0. The van der Waals surface area contributed by atoms with Gasteiger partial charge in [0, 0.05) is 29.6 Å². The van der Waals surface area contributed by atoms with Gasteiger partial charge in [-0.05, 0) is 22.8 Å². The monoisotopic (exact) mass is 355 g/mol. The minimum Gasteiger partial charge on any atom is -0.481 e. The maximum absolute atomic E-state index is 11.6. The Hall–Kier alpha value is -3.33. The molecule has 0 saturated heterocycles. The van der Waals surface area contributed by atoms with Gasteiger partial charge < -0.3 is 9.67 Å². The van der Waals surface area contributed by atoms with Crippen LogP contribution in [-0.4, -0.2) is 15.6 Å². The average molecular weight is 355 g/mol. The number of benzene rings is 3. The molecule has 3 nitrogen and oxygen atoms in total. The lowest BCUT2D eigenvalue weighted by molar-refractivity contribution is -0.137. The molecule has 27 heavy (non-hydrogen) atoms. The third-order valence-corrected chi connectivity index (χ3v) is 4.97. The maximum atomic E-state index is 11.6. The fraction of sp³-hybridized carbons (Fsp3) is 0.125. The van der Waals surface area contributed by atoms with Gasteiger partial charge in [-0.1, -0.05) is 78.9 Å². The molecule has 1 heterocycles. The van der Waals surface area contributed by atoms with Crippen molar-refractivity contribution in [3.05, 3.63) is 108 Å². The molecule has 0 aliphatic heterocycles. The largest absolute Gasteiger partial charge is 0.481 e. The van der Waals surface area contributed by atoms with Gasteiger partial charge in [0.05, 0.1) is 6.42 Å². The summed E-state index contributed by atoms with van der Waals surface area (Å²) in [6, 6.07) is 28.5. The lowest BCUT2D eigenvalue weighted by Gasteiger charge is -2.15. The molecule has 0 aliphatic rings. The highest BCUT2D eigenvalue weighted by molar-refractivity contribution is 5.86. The highest BCUT2D eigenvalue weighted by Gasteiger charge is 2.22. The lowest BCUT2D eigenvalue weighted by atomic mass is 9.88. The Balaban J connectivity index is 1.83. The van der Waals surface area contributed by atoms with Crippen molar-refractivity contribution in [2.24, 2.45) is 0 Å². The maximum Gasteiger partial charge on any atom is 0.304 e. The molecule has 4 aromatic rings. The SMILES string of the molecule is O=C(O)CC(c1ccccc1)c1cn(Cc2ccccc2)c2ccccc12. The second-order valence-electron chi connectivity index (χ2n) is 6.78. The first-order valence-corrected chi connectivity index (χ1v) is 9.11. The standard InChI is InChI=1S/C24H21NO2/c26-24(27)15-21(19-11-5-2-6-12-19)22-17-25(16-18-9-3-1-4-10-18)23-14-8-7-13-20(22)23/h1-14,17,21H,15-16H2,(H,26,27). The van der Waals surface area contributed by atoms with Gasteiger partial charge in [-0.25, -0.2) is 0 Å². The normalized spacial score (nSPS) is 12.1. The summed E-state index contributed by atoms with van der Waals surface area (Å²) in [5.41, 5.74) is 4.44. The van der Waals surface area contributed by atoms with Crippen molar-refractivity contribution in [3.63, 3.8) is 0 Å². The van der Waals surface area contributed by atoms with Crippen LogP contribution in [0, 0.1) is 0 Å². The van der Waals surface area contributed by atoms with Gasteiger partial charge in [-0.3, -0.25) is 4.79 Å². The van der Waals surface area contributed by atoms with E-state index < -0.39 is 5.97 Å². The molecule has 1 aromatic heterocycles. The molecule has 1 atom stereocenters. The summed E-state index contributed by atoms with van der Waals surface area (Å²) >= 11 is 0. The van der Waals surface area contributed by atoms with Crippen molar-refractivity contribution >= 4 is 16.9 Å². The van der Waals surface area contributed by atoms with Crippen LogP contribution in [0.3, 0.4) is 0 Å². The van der Waals surface area contributed by atoms with Crippen LogP contribution in [0.2, 0.25) is 0 Å². The summed E-state index contributed by atoms with van der Waals surface area (Å²) in [6.07, 6.45) is 2.20. The summed E-state index contributed by atoms with van der Waals surface area (Å²) in [5, 5.41) is 10.6. The minimum atomic E-state index is -0.788. The Labute approximate surface area is 158 Å². The Morgan fingerprint density at radius 1 is 0.852 bits per heavy atom. The van der Waals surface area contributed by atoms with Crippen molar-refractivity contribution in [1.82, 2.24) is 4.57 Å². The van der Waals surface area contributed by atoms with E-state index >= 15 is 0 Å². The Kier molecular flexibility index (Phi) is 4.75. The zero-order chi connectivity index (χ0) is 18.6. The third kappa shape index (κ3) is 3.63. The van der Waals surface area contributed by atoms with Crippen molar-refractivity contribution in [2.75, 3.05) is 0 Å². The van der Waals surface area contributed by atoms with Crippen LogP contribution in [0.25, 0.3) is 10.9 Å². The van der Waals surface area contributed by atoms with Gasteiger partial charge in [0.25, 0.3) is 0 Å². The Morgan fingerprint density at radius 3 is 2.19 bits per heavy atom. The molecule has 1 unspecified atom stereocenters. The van der Waals surface area contributed by atoms with Crippen LogP contribution in [0.15, 0.2) is 91.1 Å². The minimum absolute atomic E-state index is 0.0728. The van der Waals surface area contributed by atoms with E-state index in [-0.39, 0.29) is 12.3 Å². The van der Waals surface area contributed by atoms with Crippen molar-refractivity contribution < 1.29 is 9.90 Å². The first-order chi connectivity index (χ1) is 13.2. The molecule has 0 saturated carbocycles. The van der Waals surface area contributed by atoms with Crippen LogP contribution in [0.4, 0.5) is 0 Å². The van der Waals surface area contributed by atoms with Crippen LogP contribution in [0.5, 0.6) is 0 Å². The zero-order valence-electron chi connectivity index (χ0n) is 15.0. The lowest BCUT2D eigenvalue weighted by Crippen LogP contribution is -2.07. The zero-order valence-corrected chi connectivity index (χ0v) is 15.0. The van der Waals surface area contributed by atoms with Crippen LogP contribution in [0.1, 0.15) is 29.0 Å². The molecular weight excluding hydrogens is 334 g/mol. The van der Waals surface area contributed by atoms with E-state index in [1.54, 1.807) is 0 Å². The molecule has 0 spiro atoms. The molecule has 3 aromatic carbocycles. The molecule has 1 N–H and O–H groups in total. The number of carbonyl (C=O) groups is 1. The quantitative estimate of drug-likeness (QED) is 0.510. The summed E-state index contributed by atoms with van der Waals surface area (Å²) < 4.78 is 2.22. The number of aliphatic carboxylic acids is 1. The summed E-state index contributed by atoms with van der Waals surface area (Å²) in [4.78, 5) is 11.6. The van der Waals surface area contributed by atoms with Gasteiger partial charge in [0.2, 0.25) is 0 Å². The van der Waals surface area contributed by atoms with E-state index in [4.69, 9.17) is 0 Å². The summed E-state index contributed by atoms with van der Waals surface area (Å²) in [5.74, 6) is -0.964. The van der Waals surface area contributed by atoms with Crippen LogP contribution < -0.4 is 0 Å². The molecule has 134 valence electrons.